The molecule has 0 radical (unpaired) electrons. The van der Waals surface area contributed by atoms with E-state index in [2.05, 4.69) is 43.5 Å². The van der Waals surface area contributed by atoms with Crippen molar-refractivity contribution in [2.75, 3.05) is 13.2 Å². The Labute approximate surface area is 468 Å². The molecule has 0 aliphatic carbocycles. The Morgan fingerprint density at radius 2 is 0.627 bits per heavy atom. The van der Waals surface area contributed by atoms with Gasteiger partial charge in [-0.1, -0.05) is 307 Å². The molecule has 0 fully saturated rings. The lowest BCUT2D eigenvalue weighted by Gasteiger charge is -2.20. The van der Waals surface area contributed by atoms with E-state index in [4.69, 9.17) is 4.74 Å². The van der Waals surface area contributed by atoms with E-state index in [0.29, 0.717) is 19.4 Å². The van der Waals surface area contributed by atoms with Gasteiger partial charge in [-0.15, -0.1) is 0 Å². The number of carbonyl (C=O) groups is 2. The number of nitrogens with one attached hydrogen (secondary N) is 1. The number of ether oxygens (including phenoxy) is 1. The monoisotopic (exact) mass is 1050 g/mol. The molecule has 2 atom stereocenters. The van der Waals surface area contributed by atoms with Gasteiger partial charge in [-0.2, -0.15) is 0 Å². The standard InChI is InChI=1S/C69H131NO5/c1-3-5-7-9-11-13-15-17-19-21-23-24-25-26-27-28-29-33-37-41-45-49-53-57-61-67(72)66(65-71)70-68(73)62-58-54-50-46-42-38-34-31-32-36-40-44-48-52-56-60-64-75-69(74)63-59-55-51-47-43-39-35-30-22-20-18-16-14-12-10-8-6-4-2/h20,22,31,34,57,61,66-67,71-72H,3-19,21,23-30,32-33,35-56,58-60,62-65H2,1-2H3,(H,70,73)/b22-20-,34-31-,61-57+. The fourth-order valence-electron chi connectivity index (χ4n) is 10.4. The summed E-state index contributed by atoms with van der Waals surface area (Å²) < 4.78 is 5.49. The van der Waals surface area contributed by atoms with Crippen LogP contribution in [0.2, 0.25) is 0 Å². The predicted octanol–water partition coefficient (Wildman–Crippen LogP) is 21.5. The van der Waals surface area contributed by atoms with Crippen LogP contribution in [0, 0.1) is 0 Å². The number of aliphatic hydroxyl groups excluding tert-OH is 2. The molecule has 0 aromatic carbocycles. The van der Waals surface area contributed by atoms with Crippen molar-refractivity contribution in [1.82, 2.24) is 5.32 Å². The molecule has 1 amide bonds. The maximum absolute atomic E-state index is 12.5. The summed E-state index contributed by atoms with van der Waals surface area (Å²) in [5.41, 5.74) is 0. The lowest BCUT2D eigenvalue weighted by Crippen LogP contribution is -2.45. The minimum Gasteiger partial charge on any atom is -0.466 e. The normalized spacial score (nSPS) is 12.7. The van der Waals surface area contributed by atoms with Crippen LogP contribution in [0.5, 0.6) is 0 Å². The highest BCUT2D eigenvalue weighted by molar-refractivity contribution is 5.76. The van der Waals surface area contributed by atoms with Gasteiger partial charge in [-0.05, 0) is 83.5 Å². The third-order valence-corrected chi connectivity index (χ3v) is 15.6. The predicted molar refractivity (Wildman–Crippen MR) is 329 cm³/mol. The van der Waals surface area contributed by atoms with Gasteiger partial charge in [-0.3, -0.25) is 9.59 Å². The fraction of sp³-hybridized carbons (Fsp3) is 0.884. The van der Waals surface area contributed by atoms with Crippen LogP contribution in [0.3, 0.4) is 0 Å². The van der Waals surface area contributed by atoms with Crippen molar-refractivity contribution in [3.05, 3.63) is 36.5 Å². The van der Waals surface area contributed by atoms with E-state index in [9.17, 15) is 19.8 Å². The van der Waals surface area contributed by atoms with Gasteiger partial charge in [0.2, 0.25) is 5.91 Å². The van der Waals surface area contributed by atoms with Crippen LogP contribution < -0.4 is 5.32 Å². The van der Waals surface area contributed by atoms with Crippen LogP contribution in [0.4, 0.5) is 0 Å². The van der Waals surface area contributed by atoms with Crippen LogP contribution in [-0.2, 0) is 14.3 Å². The van der Waals surface area contributed by atoms with Crippen LogP contribution in [0.25, 0.3) is 0 Å². The highest BCUT2D eigenvalue weighted by atomic mass is 16.5. The molecule has 2 unspecified atom stereocenters. The van der Waals surface area contributed by atoms with E-state index >= 15 is 0 Å². The van der Waals surface area contributed by atoms with Crippen molar-refractivity contribution in [1.29, 1.82) is 0 Å². The van der Waals surface area contributed by atoms with Crippen molar-refractivity contribution in [3.63, 3.8) is 0 Å². The van der Waals surface area contributed by atoms with Crippen molar-refractivity contribution >= 4 is 11.9 Å². The van der Waals surface area contributed by atoms with Gasteiger partial charge in [0.15, 0.2) is 0 Å². The molecule has 0 rings (SSSR count). The van der Waals surface area contributed by atoms with E-state index < -0.39 is 12.1 Å². The molecule has 6 nitrogen and oxygen atoms in total. The van der Waals surface area contributed by atoms with Gasteiger partial charge >= 0.3 is 5.97 Å². The van der Waals surface area contributed by atoms with Crippen LogP contribution >= 0.6 is 0 Å². The van der Waals surface area contributed by atoms with Gasteiger partial charge in [-0.25, -0.2) is 0 Å². The Balaban J connectivity index is 3.48. The Hall–Kier alpha value is -1.92. The molecule has 0 aromatic heterocycles. The first-order chi connectivity index (χ1) is 37.0. The lowest BCUT2D eigenvalue weighted by molar-refractivity contribution is -0.143. The van der Waals surface area contributed by atoms with Gasteiger partial charge < -0.3 is 20.3 Å². The molecule has 75 heavy (non-hydrogen) atoms. The number of unbranched alkanes of at least 4 members (excludes halogenated alkanes) is 48. The lowest BCUT2D eigenvalue weighted by atomic mass is 10.0. The van der Waals surface area contributed by atoms with Crippen molar-refractivity contribution < 1.29 is 24.5 Å². The number of carbonyl (C=O) groups excluding carboxylic acids is 2. The van der Waals surface area contributed by atoms with Crippen LogP contribution in [0.1, 0.15) is 367 Å². The van der Waals surface area contributed by atoms with Gasteiger partial charge in [0.25, 0.3) is 0 Å². The van der Waals surface area contributed by atoms with Crippen molar-refractivity contribution in [2.24, 2.45) is 0 Å². The number of hydrogen-bond donors (Lipinski definition) is 3. The second-order valence-corrected chi connectivity index (χ2v) is 23.1. The Bertz CT molecular complexity index is 1210. The third-order valence-electron chi connectivity index (χ3n) is 15.6. The molecule has 0 aliphatic rings. The van der Waals surface area contributed by atoms with Crippen LogP contribution in [0.15, 0.2) is 36.5 Å². The Morgan fingerprint density at radius 3 is 0.947 bits per heavy atom. The maximum atomic E-state index is 12.5. The number of amides is 1. The van der Waals surface area contributed by atoms with Gasteiger partial charge in [0.05, 0.1) is 25.4 Å². The van der Waals surface area contributed by atoms with E-state index in [1.165, 1.54) is 276 Å². The minimum atomic E-state index is -0.857. The summed E-state index contributed by atoms with van der Waals surface area (Å²) in [5.74, 6) is -0.0879. The number of allylic oxidation sites excluding steroid dienone is 5. The number of hydrogen-bond acceptors (Lipinski definition) is 5. The first-order valence-corrected chi connectivity index (χ1v) is 33.8. The maximum Gasteiger partial charge on any atom is 0.305 e. The molecular formula is C69H131NO5. The summed E-state index contributed by atoms with van der Waals surface area (Å²) in [7, 11) is 0. The molecule has 6 heteroatoms. The zero-order chi connectivity index (χ0) is 54.3. The number of rotatable bonds is 63. The molecule has 3 N–H and O–H groups in total. The smallest absolute Gasteiger partial charge is 0.305 e. The molecular weight excluding hydrogens is 923 g/mol. The zero-order valence-corrected chi connectivity index (χ0v) is 50.5. The average Bonchev–Trinajstić information content (AvgIpc) is 3.41. The van der Waals surface area contributed by atoms with E-state index in [1.807, 2.05) is 6.08 Å². The molecule has 0 spiro atoms. The summed E-state index contributed by atoms with van der Waals surface area (Å²) in [6, 6.07) is -0.642. The Morgan fingerprint density at radius 1 is 0.360 bits per heavy atom. The quantitative estimate of drug-likeness (QED) is 0.0320. The largest absolute Gasteiger partial charge is 0.466 e. The fourth-order valence-corrected chi connectivity index (χ4v) is 10.4. The molecule has 0 saturated carbocycles. The van der Waals surface area contributed by atoms with E-state index in [-0.39, 0.29) is 18.5 Å². The molecule has 0 heterocycles. The number of esters is 1. The highest BCUT2D eigenvalue weighted by Gasteiger charge is 2.18. The van der Waals surface area contributed by atoms with Gasteiger partial charge in [0, 0.05) is 12.8 Å². The molecule has 0 aromatic rings. The Kier molecular flexibility index (Phi) is 63.0. The first kappa shape index (κ1) is 73.1. The SMILES string of the molecule is CCCCCCCCC/C=C\CCCCCCCCCC(=O)OCCCCCCCCC/C=C\CCCCCCCC(=O)NC(CO)C(O)/C=C/CCCCCCCCCCCCCCCCCCCCCCCC. The molecule has 442 valence electrons. The summed E-state index contributed by atoms with van der Waals surface area (Å²) in [4.78, 5) is 24.6. The van der Waals surface area contributed by atoms with Crippen molar-refractivity contribution in [2.45, 2.75) is 379 Å². The summed E-state index contributed by atoms with van der Waals surface area (Å²) in [5, 5.41) is 23.2. The van der Waals surface area contributed by atoms with E-state index in [0.717, 1.165) is 64.2 Å². The molecule has 0 bridgehead atoms. The van der Waals surface area contributed by atoms with Gasteiger partial charge in [0.1, 0.15) is 0 Å². The summed E-state index contributed by atoms with van der Waals surface area (Å²) in [6.45, 7) is 4.91. The summed E-state index contributed by atoms with van der Waals surface area (Å²) in [6.07, 6.45) is 82.0. The number of aliphatic hydroxyl groups is 2. The first-order valence-electron chi connectivity index (χ1n) is 33.8. The second kappa shape index (κ2) is 64.6. The van der Waals surface area contributed by atoms with Crippen molar-refractivity contribution in [3.8, 4) is 0 Å². The molecule has 0 saturated heterocycles. The zero-order valence-electron chi connectivity index (χ0n) is 50.5. The highest BCUT2D eigenvalue weighted by Crippen LogP contribution is 2.18. The minimum absolute atomic E-state index is 0.00608. The molecule has 0 aliphatic heterocycles. The second-order valence-electron chi connectivity index (χ2n) is 23.1. The van der Waals surface area contributed by atoms with E-state index in [1.54, 1.807) is 6.08 Å². The summed E-state index contributed by atoms with van der Waals surface area (Å²) >= 11 is 0. The third kappa shape index (κ3) is 61.2. The topological polar surface area (TPSA) is 95.9 Å². The average molecular weight is 1050 g/mol. The van der Waals surface area contributed by atoms with Crippen LogP contribution in [-0.4, -0.2) is 47.4 Å².